The van der Waals surface area contributed by atoms with Crippen LogP contribution in [-0.2, 0) is 0 Å². The first kappa shape index (κ1) is 9.64. The van der Waals surface area contributed by atoms with Crippen molar-refractivity contribution in [3.8, 4) is 5.75 Å². The number of aliphatic hydroxyl groups excluding tert-OH is 1. The third kappa shape index (κ3) is 1.95. The lowest BCUT2D eigenvalue weighted by atomic mass is 10.3. The molecule has 14 heavy (non-hydrogen) atoms. The molecule has 0 radical (unpaired) electrons. The highest BCUT2D eigenvalue weighted by Gasteiger charge is 2.17. The van der Waals surface area contributed by atoms with Gasteiger partial charge in [-0.1, -0.05) is 11.8 Å². The predicted octanol–water partition coefficient (Wildman–Crippen LogP) is 0.818. The molecule has 0 spiro atoms. The molecule has 0 amide bonds. The van der Waals surface area contributed by atoms with Crippen LogP contribution in [0.4, 0.5) is 5.69 Å². The Morgan fingerprint density at radius 3 is 3.21 bits per heavy atom. The normalized spacial score (nSPS) is 18.9. The molecule has 0 saturated carbocycles. The van der Waals surface area contributed by atoms with Crippen molar-refractivity contribution in [3.05, 3.63) is 18.2 Å². The molecule has 0 bridgehead atoms. The zero-order valence-electron chi connectivity index (χ0n) is 7.56. The molecule has 0 aromatic heterocycles. The summed E-state index contributed by atoms with van der Waals surface area (Å²) in [4.78, 5) is 1.09. The maximum Gasteiger partial charge on any atom is 0.127 e. The summed E-state index contributed by atoms with van der Waals surface area (Å²) in [5, 5.41) is 11.7. The number of hydrogen-bond acceptors (Lipinski definition) is 5. The minimum Gasteiger partial charge on any atom is -0.491 e. The number of ether oxygens (including phenoxy) is 1. The van der Waals surface area contributed by atoms with E-state index in [4.69, 9.17) is 15.6 Å². The summed E-state index contributed by atoms with van der Waals surface area (Å²) < 4.78 is 5.28. The van der Waals surface area contributed by atoms with Gasteiger partial charge in [-0.25, -0.2) is 0 Å². The van der Waals surface area contributed by atoms with Crippen molar-refractivity contribution < 1.29 is 9.84 Å². The van der Waals surface area contributed by atoms with Crippen molar-refractivity contribution in [1.29, 1.82) is 0 Å². The van der Waals surface area contributed by atoms with Crippen LogP contribution in [0.25, 0.3) is 0 Å². The van der Waals surface area contributed by atoms with Crippen molar-refractivity contribution in [2.45, 2.75) is 10.4 Å². The molecule has 1 aliphatic heterocycles. The molecule has 0 aliphatic carbocycles. The first-order chi connectivity index (χ1) is 6.79. The van der Waals surface area contributed by atoms with Crippen LogP contribution in [0.5, 0.6) is 5.75 Å². The monoisotopic (exact) mass is 212 g/mol. The maximum absolute atomic E-state index is 8.60. The maximum atomic E-state index is 8.60. The molecular weight excluding hydrogens is 200 g/mol. The van der Waals surface area contributed by atoms with Crippen LogP contribution in [0.15, 0.2) is 23.1 Å². The molecule has 4 N–H and O–H groups in total. The number of rotatable bonds is 3. The van der Waals surface area contributed by atoms with Crippen LogP contribution in [0.2, 0.25) is 0 Å². The highest BCUT2D eigenvalue weighted by molar-refractivity contribution is 8.00. The molecule has 1 aliphatic rings. The van der Waals surface area contributed by atoms with E-state index in [-0.39, 0.29) is 12.1 Å². The van der Waals surface area contributed by atoms with Gasteiger partial charge in [-0.3, -0.25) is 0 Å². The summed E-state index contributed by atoms with van der Waals surface area (Å²) in [6.07, 6.45) is 0. The molecule has 0 fully saturated rings. The largest absolute Gasteiger partial charge is 0.491 e. The Hall–Kier alpha value is -0.910. The quantitative estimate of drug-likeness (QED) is 0.692. The molecule has 1 heterocycles. The summed E-state index contributed by atoms with van der Waals surface area (Å²) >= 11 is 1.56. The Morgan fingerprint density at radius 1 is 1.57 bits per heavy atom. The zero-order chi connectivity index (χ0) is 9.97. The van der Waals surface area contributed by atoms with Crippen LogP contribution in [0.3, 0.4) is 0 Å². The number of hydrogen-bond donors (Lipinski definition) is 3. The van der Waals surface area contributed by atoms with Gasteiger partial charge < -0.3 is 20.9 Å². The van der Waals surface area contributed by atoms with E-state index in [1.807, 2.05) is 18.2 Å². The summed E-state index contributed by atoms with van der Waals surface area (Å²) in [7, 11) is 0. The smallest absolute Gasteiger partial charge is 0.127 e. The highest BCUT2D eigenvalue weighted by atomic mass is 32.2. The third-order valence-electron chi connectivity index (χ3n) is 1.86. The van der Waals surface area contributed by atoms with Gasteiger partial charge in [-0.05, 0) is 18.2 Å². The van der Waals surface area contributed by atoms with E-state index in [1.165, 1.54) is 0 Å². The minimum absolute atomic E-state index is 0.0298. The molecule has 1 aromatic rings. The number of nitrogens with two attached hydrogens (primary N) is 1. The first-order valence-corrected chi connectivity index (χ1v) is 5.24. The highest BCUT2D eigenvalue weighted by Crippen LogP contribution is 2.38. The van der Waals surface area contributed by atoms with Crippen LogP contribution < -0.4 is 15.8 Å². The molecule has 2 rings (SSSR count). The number of benzene rings is 1. The standard InChI is InChI=1S/C9H12N2O2S/c10-9-11-7-2-1-6(13-4-3-12)5-8(7)14-9/h1-2,5,9,11-12H,3-4,10H2. The lowest BCUT2D eigenvalue weighted by Crippen LogP contribution is -2.20. The Bertz CT molecular complexity index is 333. The molecule has 76 valence electrons. The van der Waals surface area contributed by atoms with E-state index < -0.39 is 0 Å². The van der Waals surface area contributed by atoms with E-state index in [0.717, 1.165) is 16.3 Å². The Morgan fingerprint density at radius 2 is 2.43 bits per heavy atom. The van der Waals surface area contributed by atoms with E-state index in [2.05, 4.69) is 5.32 Å². The number of thioether (sulfide) groups is 1. The van der Waals surface area contributed by atoms with Crippen molar-refractivity contribution in [2.24, 2.45) is 5.73 Å². The minimum atomic E-state index is -0.0712. The number of anilines is 1. The predicted molar refractivity (Wildman–Crippen MR) is 56.5 cm³/mol. The second-order valence-electron chi connectivity index (χ2n) is 2.91. The fourth-order valence-electron chi connectivity index (χ4n) is 1.29. The van der Waals surface area contributed by atoms with Gasteiger partial charge in [-0.2, -0.15) is 0 Å². The molecular formula is C9H12N2O2S. The second-order valence-corrected chi connectivity index (χ2v) is 4.10. The Kier molecular flexibility index (Phi) is 2.81. The number of aliphatic hydroxyl groups is 1. The zero-order valence-corrected chi connectivity index (χ0v) is 8.38. The topological polar surface area (TPSA) is 67.5 Å². The molecule has 1 atom stereocenters. The average molecular weight is 212 g/mol. The van der Waals surface area contributed by atoms with Crippen LogP contribution >= 0.6 is 11.8 Å². The second kappa shape index (κ2) is 4.08. The van der Waals surface area contributed by atoms with Gasteiger partial charge in [0, 0.05) is 4.90 Å². The van der Waals surface area contributed by atoms with E-state index in [1.54, 1.807) is 11.8 Å². The Balaban J connectivity index is 2.12. The number of nitrogens with one attached hydrogen (secondary N) is 1. The lowest BCUT2D eigenvalue weighted by molar-refractivity contribution is 0.201. The fraction of sp³-hybridized carbons (Fsp3) is 0.333. The van der Waals surface area contributed by atoms with Crippen LogP contribution in [-0.4, -0.2) is 23.8 Å². The third-order valence-corrected chi connectivity index (χ3v) is 2.83. The Labute approximate surface area is 86.4 Å². The first-order valence-electron chi connectivity index (χ1n) is 4.36. The lowest BCUT2D eigenvalue weighted by Gasteiger charge is -2.05. The van der Waals surface area contributed by atoms with Crippen molar-refractivity contribution in [3.63, 3.8) is 0 Å². The summed E-state index contributed by atoms with van der Waals surface area (Å²) in [6, 6.07) is 5.72. The van der Waals surface area contributed by atoms with Crippen molar-refractivity contribution >= 4 is 17.4 Å². The molecule has 0 saturated heterocycles. The van der Waals surface area contributed by atoms with Crippen molar-refractivity contribution in [2.75, 3.05) is 18.5 Å². The van der Waals surface area contributed by atoms with Gasteiger partial charge in [0.05, 0.1) is 12.3 Å². The van der Waals surface area contributed by atoms with Gasteiger partial charge in [0.2, 0.25) is 0 Å². The van der Waals surface area contributed by atoms with Gasteiger partial charge in [0.15, 0.2) is 0 Å². The van der Waals surface area contributed by atoms with Gasteiger partial charge in [0.1, 0.15) is 17.9 Å². The fourth-order valence-corrected chi connectivity index (χ4v) is 2.19. The number of fused-ring (bicyclic) bond motifs is 1. The van der Waals surface area contributed by atoms with Crippen LogP contribution in [0.1, 0.15) is 0 Å². The van der Waals surface area contributed by atoms with E-state index in [0.29, 0.717) is 6.61 Å². The van der Waals surface area contributed by atoms with Crippen LogP contribution in [0, 0.1) is 0 Å². The average Bonchev–Trinajstić information content (AvgIpc) is 2.54. The molecule has 4 nitrogen and oxygen atoms in total. The van der Waals surface area contributed by atoms with Gasteiger partial charge in [0.25, 0.3) is 0 Å². The molecule has 1 aromatic carbocycles. The summed E-state index contributed by atoms with van der Waals surface area (Å²) in [6.45, 7) is 0.352. The summed E-state index contributed by atoms with van der Waals surface area (Å²) in [5.74, 6) is 0.765. The SMILES string of the molecule is NC1Nc2ccc(OCCO)cc2S1. The van der Waals surface area contributed by atoms with Crippen molar-refractivity contribution in [1.82, 2.24) is 0 Å². The molecule has 1 unspecified atom stereocenters. The van der Waals surface area contributed by atoms with Gasteiger partial charge in [-0.15, -0.1) is 0 Å². The summed E-state index contributed by atoms with van der Waals surface area (Å²) in [5.41, 5.74) is 6.68. The van der Waals surface area contributed by atoms with E-state index in [9.17, 15) is 0 Å². The van der Waals surface area contributed by atoms with E-state index >= 15 is 0 Å². The molecule has 5 heteroatoms. The van der Waals surface area contributed by atoms with Gasteiger partial charge >= 0.3 is 0 Å².